The Morgan fingerprint density at radius 1 is 1.36 bits per heavy atom. The lowest BCUT2D eigenvalue weighted by atomic mass is 10.2. The first-order valence-electron chi connectivity index (χ1n) is 4.33. The van der Waals surface area contributed by atoms with Gasteiger partial charge in [-0.3, -0.25) is 0 Å². The number of halogens is 1. The van der Waals surface area contributed by atoms with E-state index in [0.29, 0.717) is 0 Å². The highest BCUT2D eigenvalue weighted by Gasteiger charge is 2.31. The van der Waals surface area contributed by atoms with Crippen molar-refractivity contribution in [3.63, 3.8) is 0 Å². The minimum Gasteiger partial charge on any atom is -0.394 e. The number of nitrogens with zero attached hydrogens (tertiary/aromatic N) is 3. The molecule has 0 spiro atoms. The first-order valence-corrected chi connectivity index (χ1v) is 4.76. The van der Waals surface area contributed by atoms with Crippen LogP contribution in [0.25, 0.3) is 0 Å². The molecule has 1 aliphatic heterocycles. The molecular formula is C9H10ClN3O. The largest absolute Gasteiger partial charge is 0.394 e. The van der Waals surface area contributed by atoms with E-state index >= 15 is 0 Å². The Kier molecular flexibility index (Phi) is 2.65. The van der Waals surface area contributed by atoms with Gasteiger partial charge in [-0.05, 0) is 12.1 Å². The number of para-hydroxylation sites is 1. The number of aliphatic hydroxyl groups excluding tert-OH is 1. The third-order valence-electron chi connectivity index (χ3n) is 2.10. The highest BCUT2D eigenvalue weighted by atomic mass is 35.5. The third-order valence-corrected chi connectivity index (χ3v) is 2.48. The van der Waals surface area contributed by atoms with Gasteiger partial charge < -0.3 is 5.11 Å². The molecule has 2 unspecified atom stereocenters. The maximum atomic E-state index is 9.12. The topological polar surface area (TPSA) is 48.2 Å². The zero-order chi connectivity index (χ0) is 9.97. The van der Waals surface area contributed by atoms with Gasteiger partial charge in [0.15, 0.2) is 5.50 Å². The molecule has 74 valence electrons. The zero-order valence-corrected chi connectivity index (χ0v) is 8.17. The molecule has 5 heteroatoms. The number of benzene rings is 1. The van der Waals surface area contributed by atoms with E-state index in [4.69, 9.17) is 16.7 Å². The van der Waals surface area contributed by atoms with Crippen molar-refractivity contribution < 1.29 is 5.11 Å². The first-order chi connectivity index (χ1) is 6.83. The summed E-state index contributed by atoms with van der Waals surface area (Å²) in [5, 5.41) is 18.5. The fourth-order valence-corrected chi connectivity index (χ4v) is 1.58. The molecule has 2 rings (SSSR count). The van der Waals surface area contributed by atoms with Crippen molar-refractivity contribution in [2.45, 2.75) is 11.5 Å². The molecule has 1 N–H and O–H groups in total. The van der Waals surface area contributed by atoms with Gasteiger partial charge in [0.25, 0.3) is 0 Å². The quantitative estimate of drug-likeness (QED) is 0.599. The minimum atomic E-state index is -0.472. The molecule has 0 aliphatic carbocycles. The Bertz CT molecular complexity index is 330. The second-order valence-electron chi connectivity index (χ2n) is 3.01. The van der Waals surface area contributed by atoms with E-state index in [1.807, 2.05) is 30.3 Å². The summed E-state index contributed by atoms with van der Waals surface area (Å²) >= 11 is 5.86. The average molecular weight is 212 g/mol. The van der Waals surface area contributed by atoms with Crippen LogP contribution in [0.3, 0.4) is 0 Å². The normalized spacial score (nSPS) is 25.7. The summed E-state index contributed by atoms with van der Waals surface area (Å²) in [6.45, 7) is -0.0595. The standard InChI is InChI=1S/C9H10ClN3O/c10-9-8(6-14)13(12-11-9)7-4-2-1-3-5-7/h1-5,8-9,14H,6H2. The minimum absolute atomic E-state index is 0.0595. The summed E-state index contributed by atoms with van der Waals surface area (Å²) in [6.07, 6.45) is 0. The number of anilines is 1. The van der Waals surface area contributed by atoms with Crippen LogP contribution in [0.2, 0.25) is 0 Å². The molecular weight excluding hydrogens is 202 g/mol. The van der Waals surface area contributed by atoms with E-state index in [2.05, 4.69) is 10.3 Å². The number of rotatable bonds is 2. The Morgan fingerprint density at radius 2 is 2.07 bits per heavy atom. The van der Waals surface area contributed by atoms with Crippen LogP contribution in [0.5, 0.6) is 0 Å². The van der Waals surface area contributed by atoms with E-state index in [-0.39, 0.29) is 12.6 Å². The van der Waals surface area contributed by atoms with Crippen LogP contribution < -0.4 is 5.01 Å². The van der Waals surface area contributed by atoms with Crippen molar-refractivity contribution in [1.29, 1.82) is 0 Å². The van der Waals surface area contributed by atoms with Gasteiger partial charge in [-0.25, -0.2) is 5.01 Å². The lowest BCUT2D eigenvalue weighted by Crippen LogP contribution is -2.35. The third kappa shape index (κ3) is 1.58. The van der Waals surface area contributed by atoms with Crippen molar-refractivity contribution in [2.75, 3.05) is 11.6 Å². The number of hydrogen-bond donors (Lipinski definition) is 1. The summed E-state index contributed by atoms with van der Waals surface area (Å²) in [5.74, 6) is 0. The Morgan fingerprint density at radius 3 is 2.71 bits per heavy atom. The van der Waals surface area contributed by atoms with Gasteiger partial charge in [-0.2, -0.15) is 0 Å². The second kappa shape index (κ2) is 3.94. The highest BCUT2D eigenvalue weighted by molar-refractivity contribution is 6.21. The zero-order valence-electron chi connectivity index (χ0n) is 7.42. The molecule has 14 heavy (non-hydrogen) atoms. The van der Waals surface area contributed by atoms with E-state index in [0.717, 1.165) is 5.69 Å². The van der Waals surface area contributed by atoms with E-state index < -0.39 is 5.50 Å². The Balaban J connectivity index is 2.24. The number of hydrogen-bond acceptors (Lipinski definition) is 4. The highest BCUT2D eigenvalue weighted by Crippen LogP contribution is 2.26. The maximum absolute atomic E-state index is 9.12. The van der Waals surface area contributed by atoms with E-state index in [1.165, 1.54) is 0 Å². The van der Waals surface area contributed by atoms with Crippen LogP contribution in [0.15, 0.2) is 40.7 Å². The van der Waals surface area contributed by atoms with E-state index in [9.17, 15) is 0 Å². The lowest BCUT2D eigenvalue weighted by Gasteiger charge is -2.20. The van der Waals surface area contributed by atoms with Gasteiger partial charge in [0, 0.05) is 0 Å². The molecule has 0 fully saturated rings. The van der Waals surface area contributed by atoms with Crippen LogP contribution >= 0.6 is 11.6 Å². The van der Waals surface area contributed by atoms with Crippen LogP contribution in [-0.4, -0.2) is 23.3 Å². The lowest BCUT2D eigenvalue weighted by molar-refractivity contribution is 0.265. The van der Waals surface area contributed by atoms with Gasteiger partial charge in [-0.15, -0.1) is 5.11 Å². The Labute approximate surface area is 86.8 Å². The van der Waals surface area contributed by atoms with Gasteiger partial charge in [-0.1, -0.05) is 35.0 Å². The summed E-state index contributed by atoms with van der Waals surface area (Å²) in [6, 6.07) is 9.26. The molecule has 0 bridgehead atoms. The van der Waals surface area contributed by atoms with Crippen LogP contribution in [0.1, 0.15) is 0 Å². The summed E-state index contributed by atoms with van der Waals surface area (Å²) in [4.78, 5) is 0. The predicted octanol–water partition coefficient (Wildman–Crippen LogP) is 1.80. The van der Waals surface area contributed by atoms with Gasteiger partial charge >= 0.3 is 0 Å². The van der Waals surface area contributed by atoms with Gasteiger partial charge in [0.1, 0.15) is 6.04 Å². The van der Waals surface area contributed by atoms with Crippen molar-refractivity contribution in [2.24, 2.45) is 10.3 Å². The smallest absolute Gasteiger partial charge is 0.171 e. The van der Waals surface area contributed by atoms with Crippen molar-refractivity contribution in [3.8, 4) is 0 Å². The fraction of sp³-hybridized carbons (Fsp3) is 0.333. The van der Waals surface area contributed by atoms with Gasteiger partial charge in [0.2, 0.25) is 0 Å². The predicted molar refractivity (Wildman–Crippen MR) is 54.3 cm³/mol. The summed E-state index contributed by atoms with van der Waals surface area (Å²) < 4.78 is 0. The molecule has 0 aromatic heterocycles. The molecule has 1 aliphatic rings. The maximum Gasteiger partial charge on any atom is 0.171 e. The number of aliphatic hydroxyl groups is 1. The Hall–Kier alpha value is -1.13. The monoisotopic (exact) mass is 211 g/mol. The molecule has 0 radical (unpaired) electrons. The van der Waals surface area contributed by atoms with Gasteiger partial charge in [0.05, 0.1) is 12.3 Å². The molecule has 0 amide bonds. The van der Waals surface area contributed by atoms with Crippen molar-refractivity contribution >= 4 is 17.3 Å². The molecule has 1 aromatic carbocycles. The summed E-state index contributed by atoms with van der Waals surface area (Å²) in [5.41, 5.74) is 0.415. The second-order valence-corrected chi connectivity index (χ2v) is 3.45. The number of alkyl halides is 1. The molecule has 0 saturated carbocycles. The molecule has 1 aromatic rings. The molecule has 1 heterocycles. The average Bonchev–Trinajstić information content (AvgIpc) is 2.61. The summed E-state index contributed by atoms with van der Waals surface area (Å²) in [7, 11) is 0. The first kappa shape index (κ1) is 9.43. The molecule has 2 atom stereocenters. The van der Waals surface area contributed by atoms with Crippen LogP contribution in [-0.2, 0) is 0 Å². The van der Waals surface area contributed by atoms with Crippen LogP contribution in [0.4, 0.5) is 5.69 Å². The fourth-order valence-electron chi connectivity index (χ4n) is 1.35. The van der Waals surface area contributed by atoms with Crippen molar-refractivity contribution in [3.05, 3.63) is 30.3 Å². The van der Waals surface area contributed by atoms with E-state index in [1.54, 1.807) is 5.01 Å². The SMILES string of the molecule is OCC1C(Cl)N=NN1c1ccccc1. The molecule has 0 saturated heterocycles. The molecule has 4 nitrogen and oxygen atoms in total. The van der Waals surface area contributed by atoms with Crippen molar-refractivity contribution in [1.82, 2.24) is 0 Å². The van der Waals surface area contributed by atoms with Crippen LogP contribution in [0, 0.1) is 0 Å².